The molecular formula is C65H53N3. The van der Waals surface area contributed by atoms with Gasteiger partial charge in [-0.3, -0.25) is 0 Å². The molecule has 10 aromatic rings. The molecule has 3 heteroatoms. The molecule has 0 aliphatic heterocycles. The number of nitrogens with zero attached hydrogens (tertiary/aromatic N) is 3. The van der Waals surface area contributed by atoms with Crippen LogP contribution < -0.4 is 9.80 Å². The highest BCUT2D eigenvalue weighted by atomic mass is 15.2. The number of hydrogen-bond acceptors (Lipinski definition) is 2. The Labute approximate surface area is 400 Å². The summed E-state index contributed by atoms with van der Waals surface area (Å²) in [6.07, 6.45) is 9.02. The van der Waals surface area contributed by atoms with Crippen LogP contribution in [0.1, 0.15) is 48.9 Å². The van der Waals surface area contributed by atoms with Gasteiger partial charge in [0.1, 0.15) is 0 Å². The van der Waals surface area contributed by atoms with Crippen LogP contribution in [0.25, 0.3) is 49.7 Å². The fourth-order valence-electron chi connectivity index (χ4n) is 11.2. The first-order valence-corrected chi connectivity index (χ1v) is 24.0. The van der Waals surface area contributed by atoms with Crippen molar-refractivity contribution in [1.82, 2.24) is 4.57 Å². The highest BCUT2D eigenvalue weighted by molar-refractivity contribution is 6.10. The van der Waals surface area contributed by atoms with Gasteiger partial charge in [0.15, 0.2) is 0 Å². The minimum absolute atomic E-state index is 0.146. The van der Waals surface area contributed by atoms with Crippen molar-refractivity contribution >= 4 is 55.9 Å². The quantitative estimate of drug-likeness (QED) is 0.143. The number of aryl methyl sites for hydroxylation is 1. The molecule has 0 N–H and O–H groups in total. The van der Waals surface area contributed by atoms with E-state index in [2.05, 4.69) is 279 Å². The van der Waals surface area contributed by atoms with Crippen molar-refractivity contribution < 1.29 is 0 Å². The molecule has 0 spiro atoms. The lowest BCUT2D eigenvalue weighted by Gasteiger charge is -2.31. The molecule has 3 nitrogen and oxygen atoms in total. The molecule has 0 fully saturated rings. The van der Waals surface area contributed by atoms with E-state index in [-0.39, 0.29) is 5.41 Å². The van der Waals surface area contributed by atoms with Crippen molar-refractivity contribution in [2.75, 3.05) is 9.80 Å². The first-order chi connectivity index (χ1) is 33.3. The Kier molecular flexibility index (Phi) is 10.1. The zero-order valence-corrected chi connectivity index (χ0v) is 39.0. The molecule has 12 rings (SSSR count). The largest absolute Gasteiger partial charge is 0.310 e. The summed E-state index contributed by atoms with van der Waals surface area (Å²) < 4.78 is 2.45. The molecule has 0 saturated heterocycles. The van der Waals surface area contributed by atoms with Gasteiger partial charge in [0.25, 0.3) is 0 Å². The third-order valence-corrected chi connectivity index (χ3v) is 14.6. The smallest absolute Gasteiger partial charge is 0.0541 e. The van der Waals surface area contributed by atoms with E-state index in [0.717, 1.165) is 45.3 Å². The molecule has 0 radical (unpaired) electrons. The third kappa shape index (κ3) is 6.97. The minimum atomic E-state index is -0.146. The first kappa shape index (κ1) is 41.3. The molecule has 328 valence electrons. The van der Waals surface area contributed by atoms with Gasteiger partial charge >= 0.3 is 0 Å². The van der Waals surface area contributed by atoms with Gasteiger partial charge in [-0.05, 0) is 154 Å². The summed E-state index contributed by atoms with van der Waals surface area (Å²) in [6, 6.07) is 78.4. The predicted octanol–water partition coefficient (Wildman–Crippen LogP) is 17.9. The van der Waals surface area contributed by atoms with Crippen LogP contribution in [0, 0.1) is 12.8 Å². The lowest BCUT2D eigenvalue weighted by Crippen LogP contribution is -2.17. The third-order valence-electron chi connectivity index (χ3n) is 14.6. The highest BCUT2D eigenvalue weighted by Crippen LogP contribution is 2.51. The van der Waals surface area contributed by atoms with Crippen LogP contribution in [0.5, 0.6) is 0 Å². The van der Waals surface area contributed by atoms with Gasteiger partial charge in [-0.25, -0.2) is 0 Å². The summed E-state index contributed by atoms with van der Waals surface area (Å²) in [4.78, 5) is 4.83. The fraction of sp³-hybridized carbons (Fsp3) is 0.108. The standard InChI is InChI=1S/C65H53N3/c1-44-20-14-15-27-55(44)56-35-33-51(38-45(56)2)68-63-31-19-17-29-59(63)60-41-46(32-37-64(60)68)47-39-53(66(48-21-8-5-9-22-48)49-23-10-6-11-24-49)42-54(40-47)67(50-25-12-7-13-26-50)52-34-36-58-57-28-16-18-30-61(57)65(3,4)62(58)43-52/h5-44,55H,1-4H3. The van der Waals surface area contributed by atoms with E-state index >= 15 is 0 Å². The summed E-state index contributed by atoms with van der Waals surface area (Å²) in [7, 11) is 0. The van der Waals surface area contributed by atoms with Crippen LogP contribution in [0.3, 0.4) is 0 Å². The second kappa shape index (κ2) is 16.6. The number of benzene rings is 9. The molecular weight excluding hydrogens is 823 g/mol. The number of hydrogen-bond donors (Lipinski definition) is 0. The van der Waals surface area contributed by atoms with E-state index in [1.807, 2.05) is 0 Å². The summed E-state index contributed by atoms with van der Waals surface area (Å²) in [5.41, 5.74) is 20.3. The molecule has 2 aliphatic carbocycles. The van der Waals surface area contributed by atoms with Crippen LogP contribution in [-0.2, 0) is 5.41 Å². The van der Waals surface area contributed by atoms with E-state index in [0.29, 0.717) is 11.8 Å². The Bertz CT molecular complexity index is 3540. The van der Waals surface area contributed by atoms with Crippen LogP contribution in [-0.4, -0.2) is 4.57 Å². The van der Waals surface area contributed by atoms with Gasteiger partial charge in [0.2, 0.25) is 0 Å². The maximum atomic E-state index is 2.45. The number of para-hydroxylation sites is 4. The summed E-state index contributed by atoms with van der Waals surface area (Å²) in [5, 5.41) is 2.46. The first-order valence-electron chi connectivity index (χ1n) is 24.0. The SMILES string of the molecule is Cc1cc(-n2c3ccccc3c3cc(-c4cc(N(c5ccccc5)c5ccccc5)cc(N(c5ccccc5)c5ccc6c(c5)C(C)(C)c5ccccc5-6)c4)ccc32)ccc1C1C=CC=CC1C. The van der Waals surface area contributed by atoms with Crippen molar-refractivity contribution in [3.05, 3.63) is 259 Å². The predicted molar refractivity (Wildman–Crippen MR) is 288 cm³/mol. The minimum Gasteiger partial charge on any atom is -0.310 e. The van der Waals surface area contributed by atoms with Crippen LogP contribution in [0.2, 0.25) is 0 Å². The number of aromatic nitrogens is 1. The monoisotopic (exact) mass is 875 g/mol. The Balaban J connectivity index is 1.06. The van der Waals surface area contributed by atoms with Crippen molar-refractivity contribution in [1.29, 1.82) is 0 Å². The van der Waals surface area contributed by atoms with E-state index in [1.54, 1.807) is 0 Å². The van der Waals surface area contributed by atoms with E-state index < -0.39 is 0 Å². The Morgan fingerprint density at radius 3 is 1.69 bits per heavy atom. The average molecular weight is 876 g/mol. The van der Waals surface area contributed by atoms with E-state index in [9.17, 15) is 0 Å². The number of allylic oxidation sites excluding steroid dienone is 4. The molecule has 2 unspecified atom stereocenters. The topological polar surface area (TPSA) is 11.4 Å². The summed E-state index contributed by atoms with van der Waals surface area (Å²) >= 11 is 0. The van der Waals surface area contributed by atoms with E-state index in [4.69, 9.17) is 0 Å². The zero-order chi connectivity index (χ0) is 45.9. The fourth-order valence-corrected chi connectivity index (χ4v) is 11.2. The van der Waals surface area contributed by atoms with Gasteiger partial charge in [0, 0.05) is 61.9 Å². The molecule has 0 amide bonds. The molecule has 1 heterocycles. The normalized spacial score (nSPS) is 15.6. The second-order valence-electron chi connectivity index (χ2n) is 19.1. The number of rotatable bonds is 9. The summed E-state index contributed by atoms with van der Waals surface area (Å²) in [5.74, 6) is 0.834. The molecule has 2 atom stereocenters. The maximum Gasteiger partial charge on any atom is 0.0541 e. The summed E-state index contributed by atoms with van der Waals surface area (Å²) in [6.45, 7) is 9.31. The van der Waals surface area contributed by atoms with Crippen LogP contribution in [0.15, 0.2) is 237 Å². The van der Waals surface area contributed by atoms with Gasteiger partial charge < -0.3 is 14.4 Å². The van der Waals surface area contributed by atoms with Crippen LogP contribution in [0.4, 0.5) is 34.1 Å². The zero-order valence-electron chi connectivity index (χ0n) is 39.0. The molecule has 0 saturated carbocycles. The Hall–Kier alpha value is -8.14. The lowest BCUT2D eigenvalue weighted by molar-refractivity contribution is 0.632. The molecule has 9 aromatic carbocycles. The van der Waals surface area contributed by atoms with Crippen molar-refractivity contribution in [2.45, 2.75) is 39.0 Å². The van der Waals surface area contributed by atoms with E-state index in [1.165, 1.54) is 60.9 Å². The van der Waals surface area contributed by atoms with Crippen molar-refractivity contribution in [2.24, 2.45) is 5.92 Å². The van der Waals surface area contributed by atoms with Gasteiger partial charge in [-0.1, -0.05) is 160 Å². The van der Waals surface area contributed by atoms with Gasteiger partial charge in [0.05, 0.1) is 11.0 Å². The Morgan fingerprint density at radius 2 is 1.01 bits per heavy atom. The molecule has 68 heavy (non-hydrogen) atoms. The van der Waals surface area contributed by atoms with Gasteiger partial charge in [-0.2, -0.15) is 0 Å². The van der Waals surface area contributed by atoms with Crippen molar-refractivity contribution in [3.63, 3.8) is 0 Å². The average Bonchev–Trinajstić information content (AvgIpc) is 3.83. The second-order valence-corrected chi connectivity index (χ2v) is 19.1. The molecule has 0 bridgehead atoms. The van der Waals surface area contributed by atoms with Crippen molar-refractivity contribution in [3.8, 4) is 27.9 Å². The molecule has 1 aromatic heterocycles. The maximum absolute atomic E-state index is 2.45. The highest BCUT2D eigenvalue weighted by Gasteiger charge is 2.36. The Morgan fingerprint density at radius 1 is 0.426 bits per heavy atom. The number of anilines is 6. The molecule has 2 aliphatic rings. The lowest BCUT2D eigenvalue weighted by atomic mass is 9.82. The van der Waals surface area contributed by atoms with Gasteiger partial charge in [-0.15, -0.1) is 0 Å². The number of fused-ring (bicyclic) bond motifs is 6. The van der Waals surface area contributed by atoms with Crippen LogP contribution >= 0.6 is 0 Å².